The van der Waals surface area contributed by atoms with Gasteiger partial charge >= 0.3 is 0 Å². The van der Waals surface area contributed by atoms with Gasteiger partial charge in [0.25, 0.3) is 0 Å². The van der Waals surface area contributed by atoms with Crippen molar-refractivity contribution in [1.29, 1.82) is 0 Å². The van der Waals surface area contributed by atoms with E-state index in [-0.39, 0.29) is 6.54 Å². The predicted octanol–water partition coefficient (Wildman–Crippen LogP) is 5.45. The lowest BCUT2D eigenvalue weighted by Crippen LogP contribution is -2.36. The van der Waals surface area contributed by atoms with Gasteiger partial charge in [-0.3, -0.25) is 0 Å². The van der Waals surface area contributed by atoms with E-state index in [2.05, 4.69) is 41.9 Å². The van der Waals surface area contributed by atoms with E-state index in [0.717, 1.165) is 20.1 Å². The molecule has 22 heavy (non-hydrogen) atoms. The van der Waals surface area contributed by atoms with Crippen molar-refractivity contribution in [2.45, 2.75) is 5.41 Å². The van der Waals surface area contributed by atoms with Crippen molar-refractivity contribution in [2.75, 3.05) is 20.3 Å². The minimum absolute atomic E-state index is 0.282. The van der Waals surface area contributed by atoms with Crippen molar-refractivity contribution in [3.05, 3.63) is 79.0 Å². The molecule has 0 unspecified atom stereocenters. The lowest BCUT2D eigenvalue weighted by molar-refractivity contribution is 0.151. The van der Waals surface area contributed by atoms with E-state index in [9.17, 15) is 0 Å². The average Bonchev–Trinajstić information content (AvgIpc) is 2.51. The second-order valence-electron chi connectivity index (χ2n) is 4.92. The van der Waals surface area contributed by atoms with Crippen LogP contribution in [0.1, 0.15) is 11.1 Å². The highest BCUT2D eigenvalue weighted by Crippen LogP contribution is 2.36. The number of hydrogen-bond donors (Lipinski definition) is 0. The molecule has 0 amide bonds. The van der Waals surface area contributed by atoms with Gasteiger partial charge in [-0.05, 0) is 40.9 Å². The molecule has 0 aromatic heterocycles. The van der Waals surface area contributed by atoms with Crippen molar-refractivity contribution in [3.8, 4) is 0 Å². The predicted molar refractivity (Wildman–Crippen MR) is 95.0 cm³/mol. The number of rotatable bonds is 6. The van der Waals surface area contributed by atoms with Crippen LogP contribution in [0.25, 0.3) is 10.4 Å². The van der Waals surface area contributed by atoms with Crippen LogP contribution in [0, 0.1) is 0 Å². The van der Waals surface area contributed by atoms with Gasteiger partial charge in [0.2, 0.25) is 0 Å². The van der Waals surface area contributed by atoms with Crippen molar-refractivity contribution in [2.24, 2.45) is 5.11 Å². The molecule has 0 fully saturated rings. The Morgan fingerprint density at radius 3 is 2.05 bits per heavy atom. The second kappa shape index (κ2) is 7.79. The lowest BCUT2D eigenvalue weighted by atomic mass is 9.75. The number of benzene rings is 2. The Labute approximate surface area is 146 Å². The highest BCUT2D eigenvalue weighted by atomic mass is 79.9. The molecule has 0 N–H and O–H groups in total. The molecule has 0 heterocycles. The second-order valence-corrected chi connectivity index (χ2v) is 6.76. The van der Waals surface area contributed by atoms with Crippen LogP contribution in [-0.4, -0.2) is 20.3 Å². The molecule has 0 saturated carbocycles. The summed E-state index contributed by atoms with van der Waals surface area (Å²) in [5.74, 6) is 0. The molecule has 2 aromatic rings. The molecule has 0 aliphatic rings. The molecule has 0 aliphatic carbocycles. The molecule has 0 atom stereocenters. The van der Waals surface area contributed by atoms with E-state index < -0.39 is 5.41 Å². The number of azide groups is 1. The fraction of sp³-hybridized carbons (Fsp3) is 0.250. The molecular weight excluding hydrogens is 410 g/mol. The van der Waals surface area contributed by atoms with Gasteiger partial charge in [0, 0.05) is 32.9 Å². The van der Waals surface area contributed by atoms with E-state index in [1.54, 1.807) is 7.11 Å². The monoisotopic (exact) mass is 423 g/mol. The highest BCUT2D eigenvalue weighted by Gasteiger charge is 2.34. The van der Waals surface area contributed by atoms with Crippen LogP contribution in [-0.2, 0) is 10.2 Å². The van der Waals surface area contributed by atoms with E-state index in [1.165, 1.54) is 0 Å². The van der Waals surface area contributed by atoms with E-state index in [4.69, 9.17) is 10.3 Å². The van der Waals surface area contributed by atoms with Crippen LogP contribution in [0.5, 0.6) is 0 Å². The molecule has 114 valence electrons. The maximum atomic E-state index is 8.80. The third-order valence-corrected chi connectivity index (χ3v) is 4.54. The van der Waals surface area contributed by atoms with E-state index in [0.29, 0.717) is 6.61 Å². The summed E-state index contributed by atoms with van der Waals surface area (Å²) in [5, 5.41) is 3.84. The van der Waals surface area contributed by atoms with Crippen LogP contribution in [0.15, 0.2) is 62.6 Å². The minimum Gasteiger partial charge on any atom is -0.383 e. The fourth-order valence-electron chi connectivity index (χ4n) is 2.53. The molecule has 0 spiro atoms. The Bertz CT molecular complexity index is 654. The lowest BCUT2D eigenvalue weighted by Gasteiger charge is -2.33. The summed E-state index contributed by atoms with van der Waals surface area (Å²) < 4.78 is 7.43. The Morgan fingerprint density at radius 2 is 1.64 bits per heavy atom. The highest BCUT2D eigenvalue weighted by molar-refractivity contribution is 9.10. The first-order valence-electron chi connectivity index (χ1n) is 6.64. The van der Waals surface area contributed by atoms with E-state index in [1.807, 2.05) is 48.5 Å². The standard InChI is InChI=1S/C16H15Br2N3O/c1-22-11-16(10-20-21-19,12-4-2-6-14(17)8-12)13-5-3-7-15(18)9-13/h2-9H,10-11H2,1H3. The maximum absolute atomic E-state index is 8.80. The summed E-state index contributed by atoms with van der Waals surface area (Å²) in [6.45, 7) is 0.698. The van der Waals surface area contributed by atoms with Gasteiger partial charge in [0.05, 0.1) is 6.61 Å². The SMILES string of the molecule is COCC(CN=[N+]=[N-])(c1cccc(Br)c1)c1cccc(Br)c1. The van der Waals surface area contributed by atoms with Crippen molar-refractivity contribution >= 4 is 31.9 Å². The largest absolute Gasteiger partial charge is 0.383 e. The first-order chi connectivity index (χ1) is 10.6. The molecule has 4 nitrogen and oxygen atoms in total. The maximum Gasteiger partial charge on any atom is 0.0601 e. The Morgan fingerprint density at radius 1 is 1.09 bits per heavy atom. The summed E-state index contributed by atoms with van der Waals surface area (Å²) in [6, 6.07) is 16.0. The zero-order valence-corrected chi connectivity index (χ0v) is 15.2. The van der Waals surface area contributed by atoms with Gasteiger partial charge in [-0.2, -0.15) is 0 Å². The average molecular weight is 425 g/mol. The summed E-state index contributed by atoms with van der Waals surface area (Å²) in [4.78, 5) is 2.94. The zero-order valence-electron chi connectivity index (χ0n) is 12.0. The Kier molecular flexibility index (Phi) is 6.03. The third-order valence-electron chi connectivity index (χ3n) is 3.55. The molecule has 2 aromatic carbocycles. The van der Waals surface area contributed by atoms with Crippen LogP contribution >= 0.6 is 31.9 Å². The van der Waals surface area contributed by atoms with Gasteiger partial charge in [-0.25, -0.2) is 0 Å². The van der Waals surface area contributed by atoms with Crippen LogP contribution in [0.3, 0.4) is 0 Å². The topological polar surface area (TPSA) is 58.0 Å². The van der Waals surface area contributed by atoms with Crippen molar-refractivity contribution in [3.63, 3.8) is 0 Å². The quantitative estimate of drug-likeness (QED) is 0.345. The van der Waals surface area contributed by atoms with Crippen LogP contribution in [0.4, 0.5) is 0 Å². The summed E-state index contributed by atoms with van der Waals surface area (Å²) in [6.07, 6.45) is 0. The first kappa shape index (κ1) is 17.0. The van der Waals surface area contributed by atoms with Gasteiger partial charge in [-0.15, -0.1) is 0 Å². The molecule has 6 heteroatoms. The molecule has 0 saturated heterocycles. The molecular formula is C16H15Br2N3O. The molecule has 0 bridgehead atoms. The summed E-state index contributed by atoms with van der Waals surface area (Å²) in [5.41, 5.74) is 10.3. The fourth-order valence-corrected chi connectivity index (χ4v) is 3.33. The van der Waals surface area contributed by atoms with Gasteiger partial charge in [-0.1, -0.05) is 61.2 Å². The molecule has 0 radical (unpaired) electrons. The van der Waals surface area contributed by atoms with Crippen LogP contribution in [0.2, 0.25) is 0 Å². The number of halogens is 2. The number of nitrogens with zero attached hydrogens (tertiary/aromatic N) is 3. The number of hydrogen-bond acceptors (Lipinski definition) is 2. The zero-order chi connectivity index (χ0) is 16.0. The van der Waals surface area contributed by atoms with Crippen molar-refractivity contribution in [1.82, 2.24) is 0 Å². The third kappa shape index (κ3) is 3.70. The minimum atomic E-state index is -0.533. The van der Waals surface area contributed by atoms with E-state index >= 15 is 0 Å². The van der Waals surface area contributed by atoms with Gasteiger partial charge in [0.15, 0.2) is 0 Å². The van der Waals surface area contributed by atoms with Crippen molar-refractivity contribution < 1.29 is 4.74 Å². The smallest absolute Gasteiger partial charge is 0.0601 e. The Balaban J connectivity index is 2.67. The Hall–Kier alpha value is -1.33. The molecule has 2 rings (SSSR count). The normalized spacial score (nSPS) is 11.0. The molecule has 0 aliphatic heterocycles. The summed E-state index contributed by atoms with van der Waals surface area (Å²) in [7, 11) is 1.65. The first-order valence-corrected chi connectivity index (χ1v) is 8.23. The van der Waals surface area contributed by atoms with Crippen LogP contribution < -0.4 is 0 Å². The van der Waals surface area contributed by atoms with Gasteiger partial charge < -0.3 is 4.74 Å². The number of ether oxygens (including phenoxy) is 1. The van der Waals surface area contributed by atoms with Gasteiger partial charge in [0.1, 0.15) is 0 Å². The summed E-state index contributed by atoms with van der Waals surface area (Å²) >= 11 is 7.01. The number of methoxy groups -OCH3 is 1.